The molecule has 5 rings (SSSR count). The lowest BCUT2D eigenvalue weighted by Gasteiger charge is -2.37. The van der Waals surface area contributed by atoms with Crippen LogP contribution in [0, 0.1) is 5.92 Å². The van der Waals surface area contributed by atoms with E-state index in [1.54, 1.807) is 0 Å². The Morgan fingerprint density at radius 2 is 1.47 bits per heavy atom. The number of amidine groups is 1. The molecule has 1 aliphatic heterocycles. The molecule has 2 atom stereocenters. The highest BCUT2D eigenvalue weighted by Gasteiger charge is 2.52. The van der Waals surface area contributed by atoms with E-state index in [4.69, 9.17) is 5.73 Å². The second kappa shape index (κ2) is 9.46. The van der Waals surface area contributed by atoms with E-state index < -0.39 is 5.41 Å². The third-order valence-corrected chi connectivity index (χ3v) is 8.01. The Bertz CT molecular complexity index is 1120. The molecule has 1 heterocycles. The quantitative estimate of drug-likeness (QED) is 0.534. The van der Waals surface area contributed by atoms with Crippen molar-refractivity contribution in [3.8, 4) is 0 Å². The molecule has 1 amide bonds. The SMILES string of the molecule is CC1=[N+](Cc2ccccc2)CCN1[C@@H]1CC[C@H](C(C(N)=O)(c2ccccc2)c2ccccc2)C1. The predicted octanol–water partition coefficient (Wildman–Crippen LogP) is 4.57. The van der Waals surface area contributed by atoms with Crippen molar-refractivity contribution in [3.05, 3.63) is 108 Å². The number of nitrogens with two attached hydrogens (primary N) is 1. The van der Waals surface area contributed by atoms with Crippen molar-refractivity contribution < 1.29 is 9.37 Å². The van der Waals surface area contributed by atoms with Crippen molar-refractivity contribution in [2.75, 3.05) is 13.1 Å². The van der Waals surface area contributed by atoms with Crippen LogP contribution >= 0.6 is 0 Å². The van der Waals surface area contributed by atoms with Gasteiger partial charge in [-0.3, -0.25) is 14.3 Å². The van der Waals surface area contributed by atoms with Gasteiger partial charge in [-0.25, -0.2) is 0 Å². The van der Waals surface area contributed by atoms with Gasteiger partial charge in [-0.1, -0.05) is 91.0 Å². The number of carbonyl (C=O) groups excluding carboxylic acids is 1. The molecule has 1 fully saturated rings. The maximum absolute atomic E-state index is 13.4. The first-order valence-corrected chi connectivity index (χ1v) is 12.4. The molecule has 174 valence electrons. The molecule has 3 aromatic rings. The summed E-state index contributed by atoms with van der Waals surface area (Å²) in [5.41, 5.74) is 8.83. The Morgan fingerprint density at radius 3 is 2.03 bits per heavy atom. The molecule has 0 saturated heterocycles. The van der Waals surface area contributed by atoms with Crippen LogP contribution in [0.5, 0.6) is 0 Å². The van der Waals surface area contributed by atoms with Crippen LogP contribution in [0.2, 0.25) is 0 Å². The first-order chi connectivity index (χ1) is 16.6. The number of primary amides is 1. The Labute approximate surface area is 202 Å². The molecule has 0 unspecified atom stereocenters. The van der Waals surface area contributed by atoms with Gasteiger partial charge in [0, 0.05) is 6.92 Å². The van der Waals surface area contributed by atoms with Crippen LogP contribution in [0.25, 0.3) is 0 Å². The fraction of sp³-hybridized carbons (Fsp3) is 0.333. The van der Waals surface area contributed by atoms with Crippen LogP contribution in [-0.4, -0.2) is 40.3 Å². The van der Waals surface area contributed by atoms with Gasteiger partial charge in [0.05, 0.1) is 6.04 Å². The lowest BCUT2D eigenvalue weighted by molar-refractivity contribution is -0.534. The molecule has 2 N–H and O–H groups in total. The second-order valence-electron chi connectivity index (χ2n) is 9.72. The molecule has 34 heavy (non-hydrogen) atoms. The van der Waals surface area contributed by atoms with E-state index >= 15 is 0 Å². The van der Waals surface area contributed by atoms with Gasteiger partial charge in [0.1, 0.15) is 25.0 Å². The van der Waals surface area contributed by atoms with E-state index in [1.807, 2.05) is 36.4 Å². The highest BCUT2D eigenvalue weighted by molar-refractivity contribution is 5.91. The lowest BCUT2D eigenvalue weighted by Crippen LogP contribution is -2.48. The van der Waals surface area contributed by atoms with Gasteiger partial charge in [0.15, 0.2) is 0 Å². The topological polar surface area (TPSA) is 49.3 Å². The fourth-order valence-corrected chi connectivity index (χ4v) is 6.34. The van der Waals surface area contributed by atoms with Crippen molar-refractivity contribution in [1.29, 1.82) is 0 Å². The molecular formula is C30H34N3O+. The summed E-state index contributed by atoms with van der Waals surface area (Å²) >= 11 is 0. The Balaban J connectivity index is 1.44. The van der Waals surface area contributed by atoms with Crippen molar-refractivity contribution in [3.63, 3.8) is 0 Å². The number of amides is 1. The summed E-state index contributed by atoms with van der Waals surface area (Å²) in [6, 6.07) is 31.5. The van der Waals surface area contributed by atoms with Gasteiger partial charge in [-0.15, -0.1) is 0 Å². The summed E-state index contributed by atoms with van der Waals surface area (Å²) < 4.78 is 2.48. The number of nitrogens with zero attached hydrogens (tertiary/aromatic N) is 2. The molecule has 0 bridgehead atoms. The number of hydrogen-bond donors (Lipinski definition) is 1. The van der Waals surface area contributed by atoms with Gasteiger partial charge >= 0.3 is 0 Å². The van der Waals surface area contributed by atoms with Crippen molar-refractivity contribution in [1.82, 2.24) is 4.90 Å². The standard InChI is InChI=1S/C30H33N3O/c1-23-32(22-24-11-5-2-6-12-24)19-20-33(23)28-18-17-27(21-28)30(29(31)34,25-13-7-3-8-14-25)26-15-9-4-10-16-26/h2-16,27-28H,17-22H2,1H3,(H-,31,34)/p+1/t27-,28+/m0/s1. The summed E-state index contributed by atoms with van der Waals surface area (Å²) in [7, 11) is 0. The van der Waals surface area contributed by atoms with E-state index in [2.05, 4.69) is 71.0 Å². The highest BCUT2D eigenvalue weighted by atomic mass is 16.1. The maximum Gasteiger partial charge on any atom is 0.244 e. The Morgan fingerprint density at radius 1 is 0.912 bits per heavy atom. The van der Waals surface area contributed by atoms with Gasteiger partial charge in [-0.05, 0) is 41.9 Å². The molecule has 4 nitrogen and oxygen atoms in total. The van der Waals surface area contributed by atoms with Crippen LogP contribution < -0.4 is 5.73 Å². The van der Waals surface area contributed by atoms with Crippen LogP contribution in [0.4, 0.5) is 0 Å². The van der Waals surface area contributed by atoms with Crippen molar-refractivity contribution >= 4 is 11.7 Å². The van der Waals surface area contributed by atoms with Gasteiger partial charge in [-0.2, -0.15) is 0 Å². The zero-order valence-electron chi connectivity index (χ0n) is 19.9. The summed E-state index contributed by atoms with van der Waals surface area (Å²) in [5.74, 6) is 1.26. The van der Waals surface area contributed by atoms with Crippen LogP contribution in [0.15, 0.2) is 91.0 Å². The Kier molecular flexibility index (Phi) is 6.23. The third-order valence-electron chi connectivity index (χ3n) is 8.01. The molecule has 3 aromatic carbocycles. The smallest absolute Gasteiger partial charge is 0.244 e. The molecule has 1 aliphatic carbocycles. The van der Waals surface area contributed by atoms with Crippen molar-refractivity contribution in [2.24, 2.45) is 11.7 Å². The van der Waals surface area contributed by atoms with Crippen LogP contribution in [0.1, 0.15) is 42.9 Å². The number of benzene rings is 3. The second-order valence-corrected chi connectivity index (χ2v) is 9.72. The normalized spacial score (nSPS) is 20.7. The summed E-state index contributed by atoms with van der Waals surface area (Å²) in [5, 5.41) is 0. The monoisotopic (exact) mass is 452 g/mol. The molecule has 0 spiro atoms. The molecule has 0 radical (unpaired) electrons. The first kappa shape index (κ1) is 22.4. The fourth-order valence-electron chi connectivity index (χ4n) is 6.34. The zero-order chi connectivity index (χ0) is 23.5. The largest absolute Gasteiger partial charge is 0.369 e. The molecule has 2 aliphatic rings. The summed E-state index contributed by atoms with van der Waals surface area (Å²) in [6.45, 7) is 5.27. The molecule has 0 aromatic heterocycles. The molecule has 4 heteroatoms. The summed E-state index contributed by atoms with van der Waals surface area (Å²) in [6.07, 6.45) is 3.03. The van der Waals surface area contributed by atoms with E-state index in [-0.39, 0.29) is 11.8 Å². The van der Waals surface area contributed by atoms with E-state index in [0.29, 0.717) is 6.04 Å². The minimum atomic E-state index is -0.811. The third kappa shape index (κ3) is 3.91. The average molecular weight is 453 g/mol. The first-order valence-electron chi connectivity index (χ1n) is 12.4. The zero-order valence-corrected chi connectivity index (χ0v) is 19.9. The molecular weight excluding hydrogens is 418 g/mol. The summed E-state index contributed by atoms with van der Waals surface area (Å²) in [4.78, 5) is 15.9. The number of rotatable bonds is 7. The van der Waals surface area contributed by atoms with E-state index in [0.717, 1.165) is 50.0 Å². The number of carbonyl (C=O) groups is 1. The van der Waals surface area contributed by atoms with Crippen molar-refractivity contribution in [2.45, 2.75) is 44.2 Å². The minimum Gasteiger partial charge on any atom is -0.369 e. The Hall–Kier alpha value is -3.40. The van der Waals surface area contributed by atoms with Gasteiger partial charge in [0.2, 0.25) is 11.7 Å². The minimum absolute atomic E-state index is 0.163. The molecule has 1 saturated carbocycles. The highest BCUT2D eigenvalue weighted by Crippen LogP contribution is 2.48. The van der Waals surface area contributed by atoms with Gasteiger partial charge < -0.3 is 5.73 Å². The van der Waals surface area contributed by atoms with Crippen LogP contribution in [0.3, 0.4) is 0 Å². The van der Waals surface area contributed by atoms with Crippen LogP contribution in [-0.2, 0) is 16.8 Å². The van der Waals surface area contributed by atoms with E-state index in [9.17, 15) is 4.79 Å². The lowest BCUT2D eigenvalue weighted by atomic mass is 9.64. The maximum atomic E-state index is 13.4. The average Bonchev–Trinajstić information content (AvgIpc) is 3.49. The van der Waals surface area contributed by atoms with Gasteiger partial charge in [0.25, 0.3) is 0 Å². The van der Waals surface area contributed by atoms with E-state index in [1.165, 1.54) is 11.4 Å². The number of hydrogen-bond acceptors (Lipinski definition) is 2. The predicted molar refractivity (Wildman–Crippen MR) is 137 cm³/mol.